The van der Waals surface area contributed by atoms with Gasteiger partial charge in [-0.1, -0.05) is 44.2 Å². The van der Waals surface area contributed by atoms with Gasteiger partial charge in [-0.05, 0) is 53.4 Å². The molecule has 0 aliphatic carbocycles. The molecule has 0 aliphatic heterocycles. The molecule has 0 bridgehead atoms. The van der Waals surface area contributed by atoms with E-state index in [1.165, 1.54) is 16.9 Å². The van der Waals surface area contributed by atoms with Gasteiger partial charge in [0.25, 0.3) is 0 Å². The predicted molar refractivity (Wildman–Crippen MR) is 128 cm³/mol. The molecule has 0 amide bonds. The second kappa shape index (κ2) is 8.32. The van der Waals surface area contributed by atoms with Gasteiger partial charge in [-0.2, -0.15) is 14.7 Å². The van der Waals surface area contributed by atoms with Crippen LogP contribution in [0.3, 0.4) is 0 Å². The number of hydrogen-bond donors (Lipinski definition) is 1. The number of H-pyrrole nitrogens is 1. The van der Waals surface area contributed by atoms with E-state index in [2.05, 4.69) is 58.4 Å². The average molecular weight is 461 g/mol. The monoisotopic (exact) mass is 460 g/mol. The van der Waals surface area contributed by atoms with E-state index in [0.29, 0.717) is 17.4 Å². The summed E-state index contributed by atoms with van der Waals surface area (Å²) in [6.45, 7) is 6.95. The van der Waals surface area contributed by atoms with Gasteiger partial charge in [0.1, 0.15) is 23.8 Å². The van der Waals surface area contributed by atoms with Crippen LogP contribution < -0.4 is 9.47 Å². The van der Waals surface area contributed by atoms with E-state index in [9.17, 15) is 0 Å². The van der Waals surface area contributed by atoms with Gasteiger partial charge >= 0.3 is 0 Å². The summed E-state index contributed by atoms with van der Waals surface area (Å²) in [5.41, 5.74) is 3.91. The third-order valence-electron chi connectivity index (χ3n) is 5.32. The van der Waals surface area contributed by atoms with Crippen LogP contribution in [-0.2, 0) is 12.0 Å². The van der Waals surface area contributed by atoms with Crippen molar-refractivity contribution in [1.82, 2.24) is 30.0 Å². The minimum absolute atomic E-state index is 0.114. The third-order valence-corrected chi connectivity index (χ3v) is 6.19. The van der Waals surface area contributed by atoms with Crippen LogP contribution in [0.25, 0.3) is 27.7 Å². The normalized spacial score (nSPS) is 11.8. The number of methoxy groups -OCH3 is 1. The van der Waals surface area contributed by atoms with Crippen LogP contribution in [0, 0.1) is 0 Å². The number of fused-ring (bicyclic) bond motifs is 1. The van der Waals surface area contributed by atoms with Crippen LogP contribution in [0.15, 0.2) is 54.6 Å². The number of benzene rings is 2. The molecule has 5 rings (SSSR count). The van der Waals surface area contributed by atoms with Crippen LogP contribution in [0.5, 0.6) is 11.5 Å². The fourth-order valence-corrected chi connectivity index (χ4v) is 4.17. The number of rotatable bonds is 6. The molecule has 0 saturated carbocycles. The Morgan fingerprint density at radius 1 is 0.970 bits per heavy atom. The minimum Gasteiger partial charge on any atom is -0.497 e. The molecule has 0 unspecified atom stereocenters. The quantitative estimate of drug-likeness (QED) is 0.378. The standard InChI is InChI=1S/C24H24N6O2S/c1-24(2,3)16-7-11-18(12-8-16)32-14-21-29-30-22(27-28-23(30)33-21)20-13-19(25-26-20)15-5-9-17(31-4)10-6-15/h5-13H,14H2,1-4H3,(H,25,26). The fraction of sp³-hybridized carbons (Fsp3) is 0.250. The fourth-order valence-electron chi connectivity index (χ4n) is 3.43. The van der Waals surface area contributed by atoms with Gasteiger partial charge in [-0.25, -0.2) is 0 Å². The molecule has 5 aromatic rings. The molecule has 1 N–H and O–H groups in total. The Morgan fingerprint density at radius 2 is 1.70 bits per heavy atom. The molecular weight excluding hydrogens is 436 g/mol. The maximum atomic E-state index is 5.94. The summed E-state index contributed by atoms with van der Waals surface area (Å²) in [5, 5.41) is 21.5. The summed E-state index contributed by atoms with van der Waals surface area (Å²) < 4.78 is 12.9. The predicted octanol–water partition coefficient (Wildman–Crippen LogP) is 5.13. The summed E-state index contributed by atoms with van der Waals surface area (Å²) in [5.74, 6) is 2.22. The number of hydrogen-bond acceptors (Lipinski definition) is 7. The highest BCUT2D eigenvalue weighted by Gasteiger charge is 2.17. The lowest BCUT2D eigenvalue weighted by Crippen LogP contribution is -2.10. The zero-order valence-corrected chi connectivity index (χ0v) is 19.7. The Hall–Kier alpha value is -3.72. The van der Waals surface area contributed by atoms with E-state index < -0.39 is 0 Å². The minimum atomic E-state index is 0.114. The summed E-state index contributed by atoms with van der Waals surface area (Å²) >= 11 is 1.45. The van der Waals surface area contributed by atoms with E-state index in [1.54, 1.807) is 11.6 Å². The molecule has 0 saturated heterocycles. The lowest BCUT2D eigenvalue weighted by molar-refractivity contribution is 0.304. The highest BCUT2D eigenvalue weighted by Crippen LogP contribution is 2.27. The van der Waals surface area contributed by atoms with Crippen molar-refractivity contribution in [3.8, 4) is 34.3 Å². The van der Waals surface area contributed by atoms with Crippen molar-refractivity contribution in [2.24, 2.45) is 0 Å². The van der Waals surface area contributed by atoms with Crippen LogP contribution in [0.2, 0.25) is 0 Å². The van der Waals surface area contributed by atoms with Crippen LogP contribution in [0.1, 0.15) is 31.3 Å². The zero-order valence-electron chi connectivity index (χ0n) is 18.9. The second-order valence-electron chi connectivity index (χ2n) is 8.67. The molecule has 0 fully saturated rings. The SMILES string of the molecule is COc1ccc(-c2cc(-c3nnc4sc(COc5ccc(C(C)(C)C)cc5)nn34)[nH]n2)cc1. The number of nitrogens with zero attached hydrogens (tertiary/aromatic N) is 5. The first kappa shape index (κ1) is 21.1. The smallest absolute Gasteiger partial charge is 0.235 e. The number of aromatic amines is 1. The molecule has 2 aromatic carbocycles. The lowest BCUT2D eigenvalue weighted by Gasteiger charge is -2.19. The van der Waals surface area contributed by atoms with Crippen molar-refractivity contribution in [3.63, 3.8) is 0 Å². The van der Waals surface area contributed by atoms with E-state index >= 15 is 0 Å². The van der Waals surface area contributed by atoms with Crippen LogP contribution in [0.4, 0.5) is 0 Å². The second-order valence-corrected chi connectivity index (χ2v) is 9.71. The average Bonchev–Trinajstić information content (AvgIpc) is 3.53. The molecule has 0 atom stereocenters. The molecule has 9 heteroatoms. The third kappa shape index (κ3) is 4.31. The first-order chi connectivity index (χ1) is 15.9. The first-order valence-corrected chi connectivity index (χ1v) is 11.4. The van der Waals surface area contributed by atoms with E-state index in [1.807, 2.05) is 42.5 Å². The number of ether oxygens (including phenoxy) is 2. The molecule has 8 nitrogen and oxygen atoms in total. The highest BCUT2D eigenvalue weighted by atomic mass is 32.1. The molecule has 0 spiro atoms. The van der Waals surface area contributed by atoms with Crippen LogP contribution in [-0.4, -0.2) is 37.1 Å². The molecule has 0 radical (unpaired) electrons. The van der Waals surface area contributed by atoms with Gasteiger partial charge in [0.2, 0.25) is 10.8 Å². The molecular formula is C24H24N6O2S. The number of aromatic nitrogens is 6. The van der Waals surface area contributed by atoms with Crippen molar-refractivity contribution in [2.45, 2.75) is 32.8 Å². The topological polar surface area (TPSA) is 90.2 Å². The number of nitrogens with one attached hydrogen (secondary N) is 1. The van der Waals surface area contributed by atoms with E-state index in [-0.39, 0.29) is 5.41 Å². The van der Waals surface area contributed by atoms with Crippen molar-refractivity contribution in [3.05, 3.63) is 65.2 Å². The van der Waals surface area contributed by atoms with Gasteiger partial charge in [0, 0.05) is 5.56 Å². The molecule has 168 valence electrons. The summed E-state index contributed by atoms with van der Waals surface area (Å²) in [7, 11) is 1.65. The van der Waals surface area contributed by atoms with Gasteiger partial charge in [0.05, 0.1) is 12.8 Å². The summed E-state index contributed by atoms with van der Waals surface area (Å²) in [4.78, 5) is 0.701. The largest absolute Gasteiger partial charge is 0.497 e. The molecule has 3 aromatic heterocycles. The first-order valence-electron chi connectivity index (χ1n) is 10.6. The zero-order chi connectivity index (χ0) is 23.0. The van der Waals surface area contributed by atoms with Gasteiger partial charge < -0.3 is 9.47 Å². The molecule has 3 heterocycles. The Morgan fingerprint density at radius 3 is 2.39 bits per heavy atom. The van der Waals surface area contributed by atoms with Crippen molar-refractivity contribution >= 4 is 16.3 Å². The van der Waals surface area contributed by atoms with Crippen molar-refractivity contribution in [2.75, 3.05) is 7.11 Å². The Balaban J connectivity index is 1.32. The lowest BCUT2D eigenvalue weighted by atomic mass is 9.87. The Bertz CT molecular complexity index is 1380. The van der Waals surface area contributed by atoms with Crippen molar-refractivity contribution < 1.29 is 9.47 Å². The van der Waals surface area contributed by atoms with Crippen molar-refractivity contribution in [1.29, 1.82) is 0 Å². The maximum absolute atomic E-state index is 5.94. The Labute approximate surface area is 195 Å². The van der Waals surface area contributed by atoms with E-state index in [0.717, 1.165) is 33.5 Å². The summed E-state index contributed by atoms with van der Waals surface area (Å²) in [6.07, 6.45) is 0. The molecule has 0 aliphatic rings. The van der Waals surface area contributed by atoms with Crippen LogP contribution >= 0.6 is 11.3 Å². The Kier molecular flexibility index (Phi) is 5.33. The van der Waals surface area contributed by atoms with Gasteiger partial charge in [0.15, 0.2) is 5.01 Å². The van der Waals surface area contributed by atoms with Gasteiger partial charge in [-0.3, -0.25) is 5.10 Å². The summed E-state index contributed by atoms with van der Waals surface area (Å²) in [6, 6.07) is 17.9. The maximum Gasteiger partial charge on any atom is 0.235 e. The molecule has 33 heavy (non-hydrogen) atoms. The van der Waals surface area contributed by atoms with Gasteiger partial charge in [-0.15, -0.1) is 10.2 Å². The van der Waals surface area contributed by atoms with E-state index in [4.69, 9.17) is 9.47 Å². The highest BCUT2D eigenvalue weighted by molar-refractivity contribution is 7.16.